The number of carbonyl (C=O) groups is 1. The van der Waals surface area contributed by atoms with Crippen LogP contribution in [0.1, 0.15) is 43.6 Å². The van der Waals surface area contributed by atoms with Crippen molar-refractivity contribution in [2.24, 2.45) is 13.0 Å². The minimum Gasteiger partial charge on any atom is -0.342 e. The summed E-state index contributed by atoms with van der Waals surface area (Å²) in [6.45, 7) is 7.86. The lowest BCUT2D eigenvalue weighted by Gasteiger charge is -2.38. The second kappa shape index (κ2) is 7.03. The zero-order valence-corrected chi connectivity index (χ0v) is 15.8. The van der Waals surface area contributed by atoms with E-state index in [-0.39, 0.29) is 5.91 Å². The first-order valence-corrected chi connectivity index (χ1v) is 9.20. The highest BCUT2D eigenvalue weighted by molar-refractivity contribution is 5.87. The minimum atomic E-state index is -0.487. The molecule has 1 atom stereocenters. The van der Waals surface area contributed by atoms with Crippen LogP contribution in [-0.2, 0) is 23.7 Å². The van der Waals surface area contributed by atoms with E-state index in [4.69, 9.17) is 0 Å². The van der Waals surface area contributed by atoms with Gasteiger partial charge in [-0.15, -0.1) is 0 Å². The number of nitrogens with zero attached hydrogens (tertiary/aromatic N) is 3. The highest BCUT2D eigenvalue weighted by atomic mass is 16.2. The maximum atomic E-state index is 13.2. The van der Waals surface area contributed by atoms with E-state index in [1.54, 1.807) is 0 Å². The molecule has 1 amide bonds. The first-order chi connectivity index (χ1) is 11.9. The maximum Gasteiger partial charge on any atom is 0.232 e. The Kier molecular flexibility index (Phi) is 4.98. The van der Waals surface area contributed by atoms with Gasteiger partial charge in [0, 0.05) is 39.0 Å². The van der Waals surface area contributed by atoms with E-state index in [0.29, 0.717) is 5.92 Å². The molecule has 0 spiro atoms. The van der Waals surface area contributed by atoms with Crippen LogP contribution in [0.5, 0.6) is 0 Å². The zero-order chi connectivity index (χ0) is 18.0. The predicted molar refractivity (Wildman–Crippen MR) is 100 cm³/mol. The van der Waals surface area contributed by atoms with Crippen molar-refractivity contribution < 1.29 is 4.79 Å². The SMILES string of the molecule is Cc1ccc(C(C)(C)C(=O)N2CCCC(Cc3nccn3C)C2)cc1. The van der Waals surface area contributed by atoms with Crippen LogP contribution in [0.25, 0.3) is 0 Å². The number of hydrogen-bond donors (Lipinski definition) is 0. The number of amides is 1. The van der Waals surface area contributed by atoms with Crippen molar-refractivity contribution in [3.8, 4) is 0 Å². The summed E-state index contributed by atoms with van der Waals surface area (Å²) in [7, 11) is 2.04. The lowest BCUT2D eigenvalue weighted by Crippen LogP contribution is -2.48. The van der Waals surface area contributed by atoms with Crippen molar-refractivity contribution in [2.45, 2.75) is 45.4 Å². The summed E-state index contributed by atoms with van der Waals surface area (Å²) in [4.78, 5) is 19.7. The van der Waals surface area contributed by atoms with Crippen LogP contribution in [-0.4, -0.2) is 33.4 Å². The third-order valence-electron chi connectivity index (χ3n) is 5.51. The van der Waals surface area contributed by atoms with Crippen LogP contribution >= 0.6 is 0 Å². The third-order valence-corrected chi connectivity index (χ3v) is 5.51. The molecule has 2 heterocycles. The number of imidazole rings is 1. The van der Waals surface area contributed by atoms with Gasteiger partial charge in [-0.1, -0.05) is 29.8 Å². The van der Waals surface area contributed by atoms with E-state index in [1.807, 2.05) is 33.3 Å². The third kappa shape index (κ3) is 3.78. The number of benzene rings is 1. The topological polar surface area (TPSA) is 38.1 Å². The largest absolute Gasteiger partial charge is 0.342 e. The van der Waals surface area contributed by atoms with Gasteiger partial charge in [-0.05, 0) is 45.1 Å². The summed E-state index contributed by atoms with van der Waals surface area (Å²) in [5.41, 5.74) is 1.83. The average molecular weight is 339 g/mol. The molecule has 1 aliphatic heterocycles. The molecule has 1 saturated heterocycles. The molecule has 0 aliphatic carbocycles. The first kappa shape index (κ1) is 17.7. The molecule has 1 aliphatic rings. The van der Waals surface area contributed by atoms with Crippen molar-refractivity contribution in [2.75, 3.05) is 13.1 Å². The Bertz CT molecular complexity index is 730. The molecule has 2 aromatic rings. The number of rotatable bonds is 4. The molecular formula is C21H29N3O. The quantitative estimate of drug-likeness (QED) is 0.855. The zero-order valence-electron chi connectivity index (χ0n) is 15.8. The fourth-order valence-electron chi connectivity index (χ4n) is 3.76. The molecule has 1 fully saturated rings. The molecule has 0 radical (unpaired) electrons. The Balaban J connectivity index is 1.70. The summed E-state index contributed by atoms with van der Waals surface area (Å²) < 4.78 is 2.08. The molecule has 0 saturated carbocycles. The second-order valence-electron chi connectivity index (χ2n) is 7.91. The number of hydrogen-bond acceptors (Lipinski definition) is 2. The van der Waals surface area contributed by atoms with E-state index in [0.717, 1.165) is 37.3 Å². The van der Waals surface area contributed by atoms with Crippen LogP contribution in [0.2, 0.25) is 0 Å². The number of piperidine rings is 1. The van der Waals surface area contributed by atoms with E-state index in [9.17, 15) is 4.79 Å². The molecule has 4 nitrogen and oxygen atoms in total. The maximum absolute atomic E-state index is 13.2. The summed E-state index contributed by atoms with van der Waals surface area (Å²) >= 11 is 0. The van der Waals surface area contributed by atoms with Crippen molar-refractivity contribution in [1.29, 1.82) is 0 Å². The first-order valence-electron chi connectivity index (χ1n) is 9.20. The molecule has 134 valence electrons. The number of carbonyl (C=O) groups excluding carboxylic acids is 1. The van der Waals surface area contributed by atoms with Crippen LogP contribution in [0.3, 0.4) is 0 Å². The van der Waals surface area contributed by atoms with Crippen LogP contribution < -0.4 is 0 Å². The van der Waals surface area contributed by atoms with Crippen LogP contribution in [0.4, 0.5) is 0 Å². The van der Waals surface area contributed by atoms with Gasteiger partial charge < -0.3 is 9.47 Å². The standard InChI is InChI=1S/C21H29N3O/c1-16-7-9-18(10-8-16)21(2,3)20(25)24-12-5-6-17(15-24)14-19-22-11-13-23(19)4/h7-11,13,17H,5-6,12,14-15H2,1-4H3. The minimum absolute atomic E-state index is 0.237. The molecule has 0 N–H and O–H groups in total. The van der Waals surface area contributed by atoms with Gasteiger partial charge in [-0.2, -0.15) is 0 Å². The molecule has 4 heteroatoms. The summed E-state index contributed by atoms with van der Waals surface area (Å²) in [5, 5.41) is 0. The van der Waals surface area contributed by atoms with Crippen molar-refractivity contribution in [1.82, 2.24) is 14.5 Å². The summed E-state index contributed by atoms with van der Waals surface area (Å²) in [6.07, 6.45) is 7.02. The fraction of sp³-hybridized carbons (Fsp3) is 0.524. The molecule has 1 aromatic heterocycles. The van der Waals surface area contributed by atoms with Crippen molar-refractivity contribution in [3.63, 3.8) is 0 Å². The van der Waals surface area contributed by atoms with Gasteiger partial charge in [0.25, 0.3) is 0 Å². The monoisotopic (exact) mass is 339 g/mol. The molecular weight excluding hydrogens is 310 g/mol. The van der Waals surface area contributed by atoms with Crippen molar-refractivity contribution >= 4 is 5.91 Å². The van der Waals surface area contributed by atoms with Crippen molar-refractivity contribution in [3.05, 3.63) is 53.6 Å². The average Bonchev–Trinajstić information content (AvgIpc) is 2.99. The van der Waals surface area contributed by atoms with Gasteiger partial charge in [0.15, 0.2) is 0 Å². The Morgan fingerprint density at radius 3 is 2.64 bits per heavy atom. The van der Waals surface area contributed by atoms with Gasteiger partial charge in [0.05, 0.1) is 5.41 Å². The second-order valence-corrected chi connectivity index (χ2v) is 7.91. The highest BCUT2D eigenvalue weighted by Crippen LogP contribution is 2.29. The number of aryl methyl sites for hydroxylation is 2. The highest BCUT2D eigenvalue weighted by Gasteiger charge is 2.36. The van der Waals surface area contributed by atoms with E-state index < -0.39 is 5.41 Å². The van der Waals surface area contributed by atoms with Gasteiger partial charge >= 0.3 is 0 Å². The molecule has 1 unspecified atom stereocenters. The van der Waals surface area contributed by atoms with Gasteiger partial charge in [0.2, 0.25) is 5.91 Å². The lowest BCUT2D eigenvalue weighted by molar-refractivity contribution is -0.138. The smallest absolute Gasteiger partial charge is 0.232 e. The fourth-order valence-corrected chi connectivity index (χ4v) is 3.76. The molecule has 1 aromatic carbocycles. The van der Waals surface area contributed by atoms with E-state index in [1.165, 1.54) is 12.0 Å². The van der Waals surface area contributed by atoms with E-state index in [2.05, 4.69) is 45.6 Å². The number of aromatic nitrogens is 2. The molecule has 0 bridgehead atoms. The molecule has 3 rings (SSSR count). The molecule has 25 heavy (non-hydrogen) atoms. The Hall–Kier alpha value is -2.10. The number of likely N-dealkylation sites (tertiary alicyclic amines) is 1. The Labute approximate surface area is 150 Å². The van der Waals surface area contributed by atoms with Gasteiger partial charge in [-0.25, -0.2) is 4.98 Å². The van der Waals surface area contributed by atoms with E-state index >= 15 is 0 Å². The predicted octanol–water partition coefficient (Wildman–Crippen LogP) is 3.49. The van der Waals surface area contributed by atoms with Gasteiger partial charge in [0.1, 0.15) is 5.82 Å². The summed E-state index contributed by atoms with van der Waals surface area (Å²) in [5.74, 6) is 1.84. The summed E-state index contributed by atoms with van der Waals surface area (Å²) in [6, 6.07) is 8.35. The Morgan fingerprint density at radius 1 is 1.28 bits per heavy atom. The van der Waals surface area contributed by atoms with Gasteiger partial charge in [-0.3, -0.25) is 4.79 Å². The van der Waals surface area contributed by atoms with Crippen LogP contribution in [0, 0.1) is 12.8 Å². The lowest BCUT2D eigenvalue weighted by atomic mass is 9.81. The Morgan fingerprint density at radius 2 is 2.00 bits per heavy atom. The van der Waals surface area contributed by atoms with Crippen LogP contribution in [0.15, 0.2) is 36.7 Å². The normalized spacial score (nSPS) is 18.4.